The number of nitrogens with one attached hydrogen (secondary N) is 2. The second kappa shape index (κ2) is 11.6. The monoisotopic (exact) mass is 436 g/mol. The van der Waals surface area contributed by atoms with E-state index in [9.17, 15) is 9.59 Å². The molecule has 0 radical (unpaired) electrons. The van der Waals surface area contributed by atoms with Crippen LogP contribution in [0.5, 0.6) is 0 Å². The number of rotatable bonds is 7. The normalized spacial score (nSPS) is 21.0. The van der Waals surface area contributed by atoms with E-state index in [1.54, 1.807) is 17.9 Å². The van der Waals surface area contributed by atoms with Gasteiger partial charge in [-0.15, -0.1) is 24.8 Å². The van der Waals surface area contributed by atoms with E-state index in [2.05, 4.69) is 20.6 Å². The van der Waals surface area contributed by atoms with Gasteiger partial charge in [-0.05, 0) is 7.05 Å². The zero-order valence-electron chi connectivity index (χ0n) is 16.3. The summed E-state index contributed by atoms with van der Waals surface area (Å²) in [5.74, 6) is -0.0284. The van der Waals surface area contributed by atoms with E-state index in [0.717, 1.165) is 38.4 Å². The predicted octanol–water partition coefficient (Wildman–Crippen LogP) is -0.426. The van der Waals surface area contributed by atoms with Gasteiger partial charge in [-0.3, -0.25) is 19.2 Å². The molecule has 2 aliphatic heterocycles. The van der Waals surface area contributed by atoms with Crippen LogP contribution in [0.15, 0.2) is 12.4 Å². The van der Waals surface area contributed by atoms with Crippen molar-refractivity contribution >= 4 is 36.6 Å². The fraction of sp³-hybridized carbons (Fsp3) is 0.706. The molecule has 1 aromatic rings. The highest BCUT2D eigenvalue weighted by Gasteiger charge is 2.32. The molecule has 3 rings (SSSR count). The first-order chi connectivity index (χ1) is 12.6. The maximum absolute atomic E-state index is 12.6. The van der Waals surface area contributed by atoms with E-state index in [0.29, 0.717) is 19.5 Å². The highest BCUT2D eigenvalue weighted by atomic mass is 35.5. The Balaban J connectivity index is 0.00000196. The topological polar surface area (TPSA) is 91.7 Å². The molecule has 1 aromatic heterocycles. The molecular formula is C17H30Cl2N6O3. The van der Waals surface area contributed by atoms with Crippen LogP contribution >= 0.6 is 24.8 Å². The molecule has 2 unspecified atom stereocenters. The SMILES string of the molecule is CNC(C(=O)NC1CC(=O)N(CCN2CCOCC2)C1)c1cnn(C)c1.Cl.Cl. The Hall–Kier alpha value is -1.39. The van der Waals surface area contributed by atoms with Crippen LogP contribution < -0.4 is 10.6 Å². The van der Waals surface area contributed by atoms with Crippen molar-refractivity contribution in [1.82, 2.24) is 30.2 Å². The Labute approximate surface area is 177 Å². The van der Waals surface area contributed by atoms with Crippen LogP contribution in [-0.4, -0.2) is 90.4 Å². The molecule has 2 amide bonds. The van der Waals surface area contributed by atoms with Gasteiger partial charge in [0.2, 0.25) is 11.8 Å². The fourth-order valence-corrected chi connectivity index (χ4v) is 3.49. The minimum atomic E-state index is -0.471. The third-order valence-corrected chi connectivity index (χ3v) is 4.96. The molecule has 0 aliphatic carbocycles. The van der Waals surface area contributed by atoms with Crippen molar-refractivity contribution in [2.75, 3.05) is 53.0 Å². The number of likely N-dealkylation sites (N-methyl/N-ethyl adjacent to an activating group) is 1. The summed E-state index contributed by atoms with van der Waals surface area (Å²) < 4.78 is 7.01. The van der Waals surface area contributed by atoms with Gasteiger partial charge in [0.1, 0.15) is 6.04 Å². The summed E-state index contributed by atoms with van der Waals surface area (Å²) in [4.78, 5) is 29.0. The molecule has 2 atom stereocenters. The molecule has 2 N–H and O–H groups in total. The summed E-state index contributed by atoms with van der Waals surface area (Å²) in [6.07, 6.45) is 3.85. The number of hydrogen-bond donors (Lipinski definition) is 2. The van der Waals surface area contributed by atoms with Gasteiger partial charge in [-0.2, -0.15) is 5.10 Å². The number of carbonyl (C=O) groups excluding carboxylic acids is 2. The number of aromatic nitrogens is 2. The number of carbonyl (C=O) groups is 2. The summed E-state index contributed by atoms with van der Waals surface area (Å²) in [6.45, 7) is 5.46. The van der Waals surface area contributed by atoms with Gasteiger partial charge < -0.3 is 20.3 Å². The molecule has 28 heavy (non-hydrogen) atoms. The fourth-order valence-electron chi connectivity index (χ4n) is 3.49. The zero-order valence-corrected chi connectivity index (χ0v) is 17.9. The molecule has 160 valence electrons. The number of halogens is 2. The van der Waals surface area contributed by atoms with E-state index in [1.807, 2.05) is 18.1 Å². The molecule has 0 bridgehead atoms. The summed E-state index contributed by atoms with van der Waals surface area (Å²) in [6, 6.07) is -0.617. The first-order valence-corrected chi connectivity index (χ1v) is 9.11. The van der Waals surface area contributed by atoms with Crippen molar-refractivity contribution in [3.05, 3.63) is 18.0 Å². The summed E-state index contributed by atoms with van der Waals surface area (Å²) in [5, 5.41) is 10.1. The van der Waals surface area contributed by atoms with Gasteiger partial charge in [0.25, 0.3) is 0 Å². The molecule has 9 nitrogen and oxygen atoms in total. The number of amides is 2. The third-order valence-electron chi connectivity index (χ3n) is 4.96. The van der Waals surface area contributed by atoms with Crippen molar-refractivity contribution in [3.63, 3.8) is 0 Å². The maximum atomic E-state index is 12.6. The molecule has 2 fully saturated rings. The molecule has 0 saturated carbocycles. The number of hydrogen-bond acceptors (Lipinski definition) is 6. The van der Waals surface area contributed by atoms with Gasteiger partial charge >= 0.3 is 0 Å². The van der Waals surface area contributed by atoms with E-state index in [1.165, 1.54) is 0 Å². The van der Waals surface area contributed by atoms with Gasteiger partial charge in [0.05, 0.1) is 25.5 Å². The Kier molecular flexibility index (Phi) is 10.2. The molecule has 0 spiro atoms. The zero-order chi connectivity index (χ0) is 18.5. The number of morpholine rings is 1. The number of nitrogens with zero attached hydrogens (tertiary/aromatic N) is 4. The minimum Gasteiger partial charge on any atom is -0.379 e. The van der Waals surface area contributed by atoms with Gasteiger partial charge in [-0.1, -0.05) is 0 Å². The third kappa shape index (κ3) is 6.31. The molecule has 11 heteroatoms. The molecule has 3 heterocycles. The van der Waals surface area contributed by atoms with E-state index >= 15 is 0 Å². The number of ether oxygens (including phenoxy) is 1. The summed E-state index contributed by atoms with van der Waals surface area (Å²) >= 11 is 0. The minimum absolute atomic E-state index is 0. The smallest absolute Gasteiger partial charge is 0.242 e. The Morgan fingerprint density at radius 3 is 2.64 bits per heavy atom. The van der Waals surface area contributed by atoms with Gasteiger partial charge in [-0.25, -0.2) is 0 Å². The van der Waals surface area contributed by atoms with Crippen LogP contribution in [0.3, 0.4) is 0 Å². The number of likely N-dealkylation sites (tertiary alicyclic amines) is 1. The average molecular weight is 437 g/mol. The van der Waals surface area contributed by atoms with Crippen molar-refractivity contribution in [2.24, 2.45) is 7.05 Å². The van der Waals surface area contributed by atoms with Crippen LogP contribution in [0.4, 0.5) is 0 Å². The quantitative estimate of drug-likeness (QED) is 0.602. The van der Waals surface area contributed by atoms with Crippen LogP contribution in [0.1, 0.15) is 18.0 Å². The Morgan fingerprint density at radius 2 is 2.04 bits per heavy atom. The summed E-state index contributed by atoms with van der Waals surface area (Å²) in [5.41, 5.74) is 0.806. The maximum Gasteiger partial charge on any atom is 0.242 e. The second-order valence-corrected chi connectivity index (χ2v) is 6.87. The van der Waals surface area contributed by atoms with Gasteiger partial charge in [0, 0.05) is 58.0 Å². The predicted molar refractivity (Wildman–Crippen MR) is 110 cm³/mol. The highest BCUT2D eigenvalue weighted by molar-refractivity contribution is 5.86. The van der Waals surface area contributed by atoms with Crippen molar-refractivity contribution in [2.45, 2.75) is 18.5 Å². The first kappa shape index (κ1) is 24.6. The first-order valence-electron chi connectivity index (χ1n) is 9.11. The van der Waals surface area contributed by atoms with Crippen molar-refractivity contribution in [1.29, 1.82) is 0 Å². The Morgan fingerprint density at radius 1 is 1.32 bits per heavy atom. The van der Waals surface area contributed by atoms with E-state index in [4.69, 9.17) is 4.74 Å². The van der Waals surface area contributed by atoms with Gasteiger partial charge in [0.15, 0.2) is 0 Å². The lowest BCUT2D eigenvalue weighted by Crippen LogP contribution is -2.44. The Bertz CT molecular complexity index is 638. The molecule has 2 saturated heterocycles. The standard InChI is InChI=1S/C17H28N6O3.2ClH/c1-18-16(13-10-19-21(2)11-13)17(25)20-14-9-15(24)23(12-14)4-3-22-5-7-26-8-6-22;;/h10-11,14,16,18H,3-9,12H2,1-2H3,(H,20,25);2*1H. The highest BCUT2D eigenvalue weighted by Crippen LogP contribution is 2.15. The molecule has 0 aromatic carbocycles. The van der Waals surface area contributed by atoms with Crippen molar-refractivity contribution in [3.8, 4) is 0 Å². The van der Waals surface area contributed by atoms with Crippen LogP contribution in [0, 0.1) is 0 Å². The van der Waals surface area contributed by atoms with E-state index < -0.39 is 6.04 Å². The molecule has 2 aliphatic rings. The second-order valence-electron chi connectivity index (χ2n) is 6.87. The lowest BCUT2D eigenvalue weighted by molar-refractivity contribution is -0.128. The lowest BCUT2D eigenvalue weighted by atomic mass is 10.1. The lowest BCUT2D eigenvalue weighted by Gasteiger charge is -2.28. The van der Waals surface area contributed by atoms with Crippen molar-refractivity contribution < 1.29 is 14.3 Å². The summed E-state index contributed by atoms with van der Waals surface area (Å²) in [7, 11) is 3.56. The largest absolute Gasteiger partial charge is 0.379 e. The van der Waals surface area contributed by atoms with Crippen LogP contribution in [0.2, 0.25) is 0 Å². The number of aryl methyl sites for hydroxylation is 1. The van der Waals surface area contributed by atoms with Crippen LogP contribution in [-0.2, 0) is 21.4 Å². The average Bonchev–Trinajstić information content (AvgIpc) is 3.20. The van der Waals surface area contributed by atoms with E-state index in [-0.39, 0.29) is 42.7 Å². The van der Waals surface area contributed by atoms with Crippen LogP contribution in [0.25, 0.3) is 0 Å². The molecular weight excluding hydrogens is 407 g/mol.